The van der Waals surface area contributed by atoms with Crippen molar-refractivity contribution in [3.05, 3.63) is 34.9 Å². The molecule has 0 aromatic heterocycles. The van der Waals surface area contributed by atoms with Gasteiger partial charge in [-0.2, -0.15) is 0 Å². The number of nitrogens with one attached hydrogen (secondary N) is 1. The molecule has 1 rings (SSSR count). The van der Waals surface area contributed by atoms with Gasteiger partial charge in [0, 0.05) is 12.5 Å². The van der Waals surface area contributed by atoms with Crippen LogP contribution >= 0.6 is 12.2 Å². The summed E-state index contributed by atoms with van der Waals surface area (Å²) in [5, 5.41) is 2.97. The number of carbonyl (C=O) groups is 1. The quantitative estimate of drug-likeness (QED) is 0.786. The van der Waals surface area contributed by atoms with Crippen molar-refractivity contribution in [3.8, 4) is 0 Å². The fourth-order valence-corrected chi connectivity index (χ4v) is 2.12. The van der Waals surface area contributed by atoms with Gasteiger partial charge in [-0.3, -0.25) is 4.79 Å². The van der Waals surface area contributed by atoms with Crippen molar-refractivity contribution >= 4 is 23.1 Å². The van der Waals surface area contributed by atoms with Crippen LogP contribution in [0.2, 0.25) is 0 Å². The molecule has 0 saturated carbocycles. The van der Waals surface area contributed by atoms with Crippen molar-refractivity contribution in [1.29, 1.82) is 0 Å². The van der Waals surface area contributed by atoms with Crippen molar-refractivity contribution in [2.75, 3.05) is 0 Å². The van der Waals surface area contributed by atoms with E-state index in [-0.39, 0.29) is 11.9 Å². The zero-order chi connectivity index (χ0) is 14.4. The first-order valence-electron chi connectivity index (χ1n) is 6.56. The van der Waals surface area contributed by atoms with Gasteiger partial charge >= 0.3 is 0 Å². The summed E-state index contributed by atoms with van der Waals surface area (Å²) in [6.07, 6.45) is 1.79. The van der Waals surface area contributed by atoms with E-state index in [2.05, 4.69) is 25.2 Å². The molecule has 0 aliphatic heterocycles. The topological polar surface area (TPSA) is 55.1 Å². The van der Waals surface area contributed by atoms with Gasteiger partial charge in [0.05, 0.1) is 11.4 Å². The molecule has 1 aromatic carbocycles. The van der Waals surface area contributed by atoms with E-state index in [0.29, 0.717) is 17.8 Å². The van der Waals surface area contributed by atoms with Gasteiger partial charge in [0.15, 0.2) is 0 Å². The van der Waals surface area contributed by atoms with Crippen molar-refractivity contribution < 1.29 is 4.79 Å². The summed E-state index contributed by atoms with van der Waals surface area (Å²) in [7, 11) is 0. The highest BCUT2D eigenvalue weighted by molar-refractivity contribution is 7.80. The Bertz CT molecular complexity index is 471. The largest absolute Gasteiger partial charge is 0.393 e. The molecule has 3 nitrogen and oxygen atoms in total. The number of hydrogen-bond acceptors (Lipinski definition) is 2. The summed E-state index contributed by atoms with van der Waals surface area (Å²) in [4.78, 5) is 12.4. The van der Waals surface area contributed by atoms with Crippen LogP contribution in [0.15, 0.2) is 18.2 Å². The van der Waals surface area contributed by atoms with Crippen LogP contribution in [0.5, 0.6) is 0 Å². The molecular formula is C15H22N2OS. The predicted molar refractivity (Wildman–Crippen MR) is 83.2 cm³/mol. The first-order valence-corrected chi connectivity index (χ1v) is 6.97. The van der Waals surface area contributed by atoms with Crippen LogP contribution in [-0.2, 0) is 11.2 Å². The Hall–Kier alpha value is -1.42. The maximum Gasteiger partial charge on any atom is 0.224 e. The molecule has 0 aliphatic carbocycles. The molecule has 3 N–H and O–H groups in total. The molecule has 1 aromatic rings. The number of amides is 1. The Kier molecular flexibility index (Phi) is 5.96. The molecule has 1 atom stereocenters. The number of hydrogen-bond donors (Lipinski definition) is 2. The van der Waals surface area contributed by atoms with Crippen LogP contribution in [0.25, 0.3) is 0 Å². The van der Waals surface area contributed by atoms with Gasteiger partial charge in [0.2, 0.25) is 5.91 Å². The highest BCUT2D eigenvalue weighted by atomic mass is 32.1. The van der Waals surface area contributed by atoms with Crippen molar-refractivity contribution in [2.24, 2.45) is 5.73 Å². The second-order valence-electron chi connectivity index (χ2n) is 4.94. The fourth-order valence-electron chi connectivity index (χ4n) is 1.92. The van der Waals surface area contributed by atoms with Gasteiger partial charge in [0.1, 0.15) is 0 Å². The van der Waals surface area contributed by atoms with E-state index in [9.17, 15) is 4.79 Å². The first kappa shape index (κ1) is 15.6. The zero-order valence-corrected chi connectivity index (χ0v) is 12.6. The lowest BCUT2D eigenvalue weighted by molar-refractivity contribution is -0.121. The third-order valence-electron chi connectivity index (χ3n) is 3.24. The first-order chi connectivity index (χ1) is 8.92. The van der Waals surface area contributed by atoms with Crippen LogP contribution in [0.1, 0.15) is 36.5 Å². The Labute approximate surface area is 120 Å². The van der Waals surface area contributed by atoms with E-state index in [1.807, 2.05) is 19.1 Å². The average Bonchev–Trinajstić information content (AvgIpc) is 2.32. The summed E-state index contributed by atoms with van der Waals surface area (Å²) in [6, 6.07) is 6.14. The van der Waals surface area contributed by atoms with Gasteiger partial charge < -0.3 is 11.1 Å². The molecule has 0 fully saturated rings. The number of rotatable bonds is 6. The summed E-state index contributed by atoms with van der Waals surface area (Å²) >= 11 is 4.88. The Morgan fingerprint density at radius 1 is 1.37 bits per heavy atom. The fraction of sp³-hybridized carbons (Fsp3) is 0.467. The minimum Gasteiger partial charge on any atom is -0.393 e. The van der Waals surface area contributed by atoms with Crippen LogP contribution in [-0.4, -0.2) is 16.9 Å². The molecule has 0 spiro atoms. The minimum absolute atomic E-state index is 0.0198. The van der Waals surface area contributed by atoms with Gasteiger partial charge in [-0.05, 0) is 37.0 Å². The van der Waals surface area contributed by atoms with Gasteiger partial charge in [-0.25, -0.2) is 0 Å². The van der Waals surface area contributed by atoms with E-state index in [0.717, 1.165) is 12.0 Å². The summed E-state index contributed by atoms with van der Waals surface area (Å²) in [5.74, 6) is 0.0198. The number of aryl methyl sites for hydroxylation is 2. The molecule has 1 unspecified atom stereocenters. The molecule has 0 aliphatic rings. The van der Waals surface area contributed by atoms with E-state index >= 15 is 0 Å². The smallest absolute Gasteiger partial charge is 0.224 e. The van der Waals surface area contributed by atoms with Gasteiger partial charge in [0.25, 0.3) is 0 Å². The lowest BCUT2D eigenvalue weighted by Gasteiger charge is -2.16. The molecule has 104 valence electrons. The molecule has 0 bridgehead atoms. The molecule has 1 amide bonds. The highest BCUT2D eigenvalue weighted by Crippen LogP contribution is 2.10. The Balaban J connectivity index is 2.58. The van der Waals surface area contributed by atoms with Gasteiger partial charge in [-0.1, -0.05) is 37.3 Å². The maximum absolute atomic E-state index is 12.0. The van der Waals surface area contributed by atoms with E-state index in [1.165, 1.54) is 11.1 Å². The van der Waals surface area contributed by atoms with E-state index in [1.54, 1.807) is 0 Å². The normalized spacial score (nSPS) is 11.9. The number of carbonyl (C=O) groups excluding carboxylic acids is 1. The van der Waals surface area contributed by atoms with Crippen molar-refractivity contribution in [3.63, 3.8) is 0 Å². The summed E-state index contributed by atoms with van der Waals surface area (Å²) < 4.78 is 0. The van der Waals surface area contributed by atoms with Crippen LogP contribution in [0.3, 0.4) is 0 Å². The van der Waals surface area contributed by atoms with Gasteiger partial charge in [-0.15, -0.1) is 0 Å². The number of nitrogens with two attached hydrogens (primary N) is 1. The number of thiocarbonyl (C=S) groups is 1. The zero-order valence-electron chi connectivity index (χ0n) is 11.8. The molecule has 0 radical (unpaired) electrons. The Morgan fingerprint density at radius 2 is 2.05 bits per heavy atom. The highest BCUT2D eigenvalue weighted by Gasteiger charge is 2.12. The monoisotopic (exact) mass is 278 g/mol. The molecule has 0 heterocycles. The Morgan fingerprint density at radius 3 is 2.58 bits per heavy atom. The molecule has 19 heavy (non-hydrogen) atoms. The number of benzene rings is 1. The lowest BCUT2D eigenvalue weighted by atomic mass is 10.0. The third-order valence-corrected chi connectivity index (χ3v) is 3.41. The minimum atomic E-state index is 0.0198. The lowest BCUT2D eigenvalue weighted by Crippen LogP contribution is -2.37. The molecule has 0 saturated heterocycles. The van der Waals surface area contributed by atoms with Crippen LogP contribution in [0, 0.1) is 13.8 Å². The summed E-state index contributed by atoms with van der Waals surface area (Å²) in [6.45, 7) is 6.13. The maximum atomic E-state index is 12.0. The van der Waals surface area contributed by atoms with E-state index in [4.69, 9.17) is 18.0 Å². The SMILES string of the molecule is CCC(CC(N)=S)NC(=O)Cc1ccc(C)c(C)c1. The summed E-state index contributed by atoms with van der Waals surface area (Å²) in [5.41, 5.74) is 9.00. The van der Waals surface area contributed by atoms with Crippen LogP contribution in [0.4, 0.5) is 0 Å². The van der Waals surface area contributed by atoms with Crippen LogP contribution < -0.4 is 11.1 Å². The van der Waals surface area contributed by atoms with Crippen molar-refractivity contribution in [2.45, 2.75) is 46.1 Å². The third kappa shape index (κ3) is 5.39. The average molecular weight is 278 g/mol. The molecular weight excluding hydrogens is 256 g/mol. The molecule has 4 heteroatoms. The second-order valence-corrected chi connectivity index (χ2v) is 5.46. The second kappa shape index (κ2) is 7.24. The van der Waals surface area contributed by atoms with Crippen molar-refractivity contribution in [1.82, 2.24) is 5.32 Å². The van der Waals surface area contributed by atoms with E-state index < -0.39 is 0 Å². The predicted octanol–water partition coefficient (Wildman–Crippen LogP) is 2.42. The standard InChI is InChI=1S/C15H22N2OS/c1-4-13(9-14(16)19)17-15(18)8-12-6-5-10(2)11(3)7-12/h5-7,13H,4,8-9H2,1-3H3,(H2,16,19)(H,17,18).